The molecule has 0 aliphatic heterocycles. The number of hydrogen-bond donors (Lipinski definition) is 0. The number of hydrogen-bond acceptors (Lipinski definition) is 2. The van der Waals surface area contributed by atoms with Crippen molar-refractivity contribution in [1.82, 2.24) is 4.90 Å². The van der Waals surface area contributed by atoms with Gasteiger partial charge in [0.05, 0.1) is 0 Å². The van der Waals surface area contributed by atoms with Gasteiger partial charge in [0.25, 0.3) is 0 Å². The van der Waals surface area contributed by atoms with Gasteiger partial charge in [-0.2, -0.15) is 0 Å². The Balaban J connectivity index is 3.40. The minimum absolute atomic E-state index is 0.841. The second kappa shape index (κ2) is 11.5. The van der Waals surface area contributed by atoms with E-state index in [0.29, 0.717) is 0 Å². The summed E-state index contributed by atoms with van der Waals surface area (Å²) in [5.74, 6) is 0. The Morgan fingerprint density at radius 3 is 2.36 bits per heavy atom. The van der Waals surface area contributed by atoms with Crippen LogP contribution in [0.25, 0.3) is 0 Å². The van der Waals surface area contributed by atoms with Gasteiger partial charge >= 0.3 is 0 Å². The highest BCUT2D eigenvalue weighted by Crippen LogP contribution is 1.98. The standard InChI is InChI=1S/C11H24BrNO/c1-3-5-8-13(10-7-12)9-6-11-14-4-2/h3-11H2,1-2H3. The Morgan fingerprint density at radius 2 is 1.79 bits per heavy atom. The van der Waals surface area contributed by atoms with Gasteiger partial charge in [-0.25, -0.2) is 0 Å². The maximum atomic E-state index is 5.33. The molecule has 86 valence electrons. The summed E-state index contributed by atoms with van der Waals surface area (Å²) in [4.78, 5) is 2.51. The van der Waals surface area contributed by atoms with Crippen LogP contribution in [0, 0.1) is 0 Å². The Bertz CT molecular complexity index is 111. The Morgan fingerprint density at radius 1 is 1.07 bits per heavy atom. The lowest BCUT2D eigenvalue weighted by Crippen LogP contribution is -2.28. The topological polar surface area (TPSA) is 12.5 Å². The summed E-state index contributed by atoms with van der Waals surface area (Å²) < 4.78 is 5.33. The molecule has 0 atom stereocenters. The molecule has 3 heteroatoms. The molecular weight excluding hydrogens is 242 g/mol. The lowest BCUT2D eigenvalue weighted by molar-refractivity contribution is 0.132. The zero-order valence-electron chi connectivity index (χ0n) is 9.60. The van der Waals surface area contributed by atoms with Crippen molar-refractivity contribution >= 4 is 15.9 Å². The van der Waals surface area contributed by atoms with E-state index in [9.17, 15) is 0 Å². The van der Waals surface area contributed by atoms with E-state index in [2.05, 4.69) is 27.8 Å². The van der Waals surface area contributed by atoms with Crippen LogP contribution in [0.5, 0.6) is 0 Å². The molecule has 14 heavy (non-hydrogen) atoms. The molecule has 0 rings (SSSR count). The van der Waals surface area contributed by atoms with Gasteiger partial charge in [-0.15, -0.1) is 0 Å². The highest BCUT2D eigenvalue weighted by Gasteiger charge is 2.02. The largest absolute Gasteiger partial charge is 0.382 e. The first-order chi connectivity index (χ1) is 6.85. The molecule has 0 aliphatic rings. The monoisotopic (exact) mass is 265 g/mol. The van der Waals surface area contributed by atoms with Gasteiger partial charge in [0.2, 0.25) is 0 Å². The summed E-state index contributed by atoms with van der Waals surface area (Å²) in [6.07, 6.45) is 3.75. The third-order valence-corrected chi connectivity index (χ3v) is 2.55. The first kappa shape index (κ1) is 14.4. The maximum absolute atomic E-state index is 5.33. The highest BCUT2D eigenvalue weighted by molar-refractivity contribution is 9.09. The molecule has 0 radical (unpaired) electrons. The molecule has 0 unspecified atom stereocenters. The van der Waals surface area contributed by atoms with Crippen molar-refractivity contribution < 1.29 is 4.74 Å². The first-order valence-corrected chi connectivity index (χ1v) is 6.83. The van der Waals surface area contributed by atoms with Crippen LogP contribution in [0.15, 0.2) is 0 Å². The van der Waals surface area contributed by atoms with Crippen LogP contribution in [0.2, 0.25) is 0 Å². The SMILES string of the molecule is CCCCN(CCBr)CCCOCC. The first-order valence-electron chi connectivity index (χ1n) is 5.71. The molecule has 2 nitrogen and oxygen atoms in total. The van der Waals surface area contributed by atoms with Crippen molar-refractivity contribution in [3.05, 3.63) is 0 Å². The van der Waals surface area contributed by atoms with Gasteiger partial charge in [-0.3, -0.25) is 0 Å². The van der Waals surface area contributed by atoms with E-state index in [1.807, 2.05) is 6.92 Å². The minimum Gasteiger partial charge on any atom is -0.382 e. The van der Waals surface area contributed by atoms with E-state index in [4.69, 9.17) is 4.74 Å². The molecule has 0 amide bonds. The summed E-state index contributed by atoms with van der Waals surface area (Å²) in [5, 5.41) is 1.07. The van der Waals surface area contributed by atoms with Crippen molar-refractivity contribution in [3.63, 3.8) is 0 Å². The molecule has 0 aromatic carbocycles. The maximum Gasteiger partial charge on any atom is 0.0478 e. The fourth-order valence-electron chi connectivity index (χ4n) is 1.37. The molecule has 0 bridgehead atoms. The normalized spacial score (nSPS) is 11.1. The second-order valence-electron chi connectivity index (χ2n) is 3.43. The lowest BCUT2D eigenvalue weighted by Gasteiger charge is -2.20. The molecular formula is C11H24BrNO. The van der Waals surface area contributed by atoms with Gasteiger partial charge in [0.15, 0.2) is 0 Å². The Hall–Kier alpha value is 0.400. The van der Waals surface area contributed by atoms with Crippen LogP contribution in [-0.4, -0.2) is 43.1 Å². The molecule has 0 aromatic heterocycles. The fraction of sp³-hybridized carbons (Fsp3) is 1.00. The van der Waals surface area contributed by atoms with Gasteiger partial charge < -0.3 is 9.64 Å². The van der Waals surface area contributed by atoms with E-state index < -0.39 is 0 Å². The smallest absolute Gasteiger partial charge is 0.0478 e. The number of alkyl halides is 1. The summed E-state index contributed by atoms with van der Waals surface area (Å²) in [6.45, 7) is 9.60. The van der Waals surface area contributed by atoms with Gasteiger partial charge in [0.1, 0.15) is 0 Å². The Kier molecular flexibility index (Phi) is 11.8. The van der Waals surface area contributed by atoms with Crippen LogP contribution in [0.1, 0.15) is 33.1 Å². The zero-order chi connectivity index (χ0) is 10.6. The van der Waals surface area contributed by atoms with Crippen LogP contribution in [0.3, 0.4) is 0 Å². The predicted octanol–water partition coefficient (Wildman–Crippen LogP) is 2.91. The summed E-state index contributed by atoms with van der Waals surface area (Å²) in [6, 6.07) is 0. The lowest BCUT2D eigenvalue weighted by atomic mass is 10.3. The highest BCUT2D eigenvalue weighted by atomic mass is 79.9. The molecule has 0 saturated carbocycles. The molecule has 0 heterocycles. The quantitative estimate of drug-likeness (QED) is 0.445. The van der Waals surface area contributed by atoms with Crippen molar-refractivity contribution in [3.8, 4) is 0 Å². The predicted molar refractivity (Wildman–Crippen MR) is 66.3 cm³/mol. The number of ether oxygens (including phenoxy) is 1. The van der Waals surface area contributed by atoms with Crippen LogP contribution in [0.4, 0.5) is 0 Å². The summed E-state index contributed by atoms with van der Waals surface area (Å²) >= 11 is 3.49. The van der Waals surface area contributed by atoms with Gasteiger partial charge in [-0.1, -0.05) is 29.3 Å². The van der Waals surface area contributed by atoms with Crippen LogP contribution < -0.4 is 0 Å². The van der Waals surface area contributed by atoms with Crippen molar-refractivity contribution in [2.45, 2.75) is 33.1 Å². The van der Waals surface area contributed by atoms with E-state index in [1.165, 1.54) is 25.9 Å². The second-order valence-corrected chi connectivity index (χ2v) is 4.23. The van der Waals surface area contributed by atoms with Crippen molar-refractivity contribution in [2.75, 3.05) is 38.2 Å². The molecule has 0 N–H and O–H groups in total. The summed E-state index contributed by atoms with van der Waals surface area (Å²) in [5.41, 5.74) is 0. The average Bonchev–Trinajstić information content (AvgIpc) is 2.20. The molecule has 0 aliphatic carbocycles. The zero-order valence-corrected chi connectivity index (χ0v) is 11.2. The fourth-order valence-corrected chi connectivity index (χ4v) is 1.87. The Labute approximate surface area is 97.1 Å². The number of halogens is 1. The van der Waals surface area contributed by atoms with Crippen molar-refractivity contribution in [1.29, 1.82) is 0 Å². The van der Waals surface area contributed by atoms with Crippen LogP contribution in [-0.2, 0) is 4.74 Å². The van der Waals surface area contributed by atoms with Gasteiger partial charge in [-0.05, 0) is 26.3 Å². The molecule has 0 aromatic rings. The molecule has 0 fully saturated rings. The van der Waals surface area contributed by atoms with E-state index >= 15 is 0 Å². The third-order valence-electron chi connectivity index (χ3n) is 2.20. The number of nitrogens with zero attached hydrogens (tertiary/aromatic N) is 1. The van der Waals surface area contributed by atoms with E-state index in [1.54, 1.807) is 0 Å². The molecule has 0 spiro atoms. The van der Waals surface area contributed by atoms with Crippen LogP contribution >= 0.6 is 15.9 Å². The minimum atomic E-state index is 0.841. The summed E-state index contributed by atoms with van der Waals surface area (Å²) in [7, 11) is 0. The van der Waals surface area contributed by atoms with E-state index in [-0.39, 0.29) is 0 Å². The third kappa shape index (κ3) is 8.97. The van der Waals surface area contributed by atoms with Gasteiger partial charge in [0, 0.05) is 31.6 Å². The average molecular weight is 266 g/mol. The number of unbranched alkanes of at least 4 members (excludes halogenated alkanes) is 1. The van der Waals surface area contributed by atoms with E-state index in [0.717, 1.165) is 31.5 Å². The molecule has 0 saturated heterocycles. The number of rotatable bonds is 10. The van der Waals surface area contributed by atoms with Crippen molar-refractivity contribution in [2.24, 2.45) is 0 Å².